The van der Waals surface area contributed by atoms with Crippen LogP contribution in [0.4, 0.5) is 5.95 Å². The second-order valence-electron chi connectivity index (χ2n) is 5.59. The molecule has 3 rings (SSSR count). The van der Waals surface area contributed by atoms with Gasteiger partial charge < -0.3 is 15.0 Å². The number of ether oxygens (including phenoxy) is 1. The summed E-state index contributed by atoms with van der Waals surface area (Å²) < 4.78 is 5.60. The van der Waals surface area contributed by atoms with E-state index in [0.717, 1.165) is 24.1 Å². The molecule has 1 aromatic carbocycles. The second kappa shape index (κ2) is 6.32. The van der Waals surface area contributed by atoms with Crippen molar-refractivity contribution < 1.29 is 4.74 Å². The number of fused-ring (bicyclic) bond motifs is 1. The van der Waals surface area contributed by atoms with Crippen molar-refractivity contribution in [2.45, 2.75) is 25.9 Å². The van der Waals surface area contributed by atoms with Gasteiger partial charge in [-0.3, -0.25) is 0 Å². The SMILES string of the molecule is CC(C)NCC1COCCN1c1nnc2ccccc2n1. The molecule has 0 spiro atoms. The van der Waals surface area contributed by atoms with Gasteiger partial charge in [-0.2, -0.15) is 0 Å². The zero-order valence-corrected chi connectivity index (χ0v) is 12.5. The minimum Gasteiger partial charge on any atom is -0.377 e. The summed E-state index contributed by atoms with van der Waals surface area (Å²) >= 11 is 0. The molecule has 2 aromatic rings. The highest BCUT2D eigenvalue weighted by molar-refractivity contribution is 5.74. The lowest BCUT2D eigenvalue weighted by Crippen LogP contribution is -2.52. The number of hydrogen-bond acceptors (Lipinski definition) is 6. The van der Waals surface area contributed by atoms with Crippen molar-refractivity contribution in [2.75, 3.05) is 31.2 Å². The van der Waals surface area contributed by atoms with Crippen molar-refractivity contribution in [2.24, 2.45) is 0 Å². The third kappa shape index (κ3) is 3.28. The van der Waals surface area contributed by atoms with Gasteiger partial charge >= 0.3 is 0 Å². The van der Waals surface area contributed by atoms with E-state index in [2.05, 4.69) is 39.2 Å². The summed E-state index contributed by atoms with van der Waals surface area (Å²) in [7, 11) is 0. The van der Waals surface area contributed by atoms with Crippen molar-refractivity contribution in [1.82, 2.24) is 20.5 Å². The Balaban J connectivity index is 1.83. The van der Waals surface area contributed by atoms with Crippen LogP contribution in [0.25, 0.3) is 11.0 Å². The summed E-state index contributed by atoms with van der Waals surface area (Å²) in [6.45, 7) is 7.33. The van der Waals surface area contributed by atoms with E-state index in [1.165, 1.54) is 0 Å². The molecule has 1 fully saturated rings. The first-order valence-corrected chi connectivity index (χ1v) is 7.41. The molecule has 1 atom stereocenters. The van der Waals surface area contributed by atoms with Crippen molar-refractivity contribution in [3.05, 3.63) is 24.3 Å². The van der Waals surface area contributed by atoms with Crippen LogP contribution in [0.2, 0.25) is 0 Å². The van der Waals surface area contributed by atoms with Gasteiger partial charge in [-0.1, -0.05) is 26.0 Å². The van der Waals surface area contributed by atoms with Crippen LogP contribution in [0.3, 0.4) is 0 Å². The molecule has 0 bridgehead atoms. The van der Waals surface area contributed by atoms with Gasteiger partial charge in [0, 0.05) is 19.1 Å². The molecule has 2 heterocycles. The number of anilines is 1. The first-order chi connectivity index (χ1) is 10.2. The first-order valence-electron chi connectivity index (χ1n) is 7.41. The maximum absolute atomic E-state index is 5.60. The van der Waals surface area contributed by atoms with E-state index >= 15 is 0 Å². The highest BCUT2D eigenvalue weighted by atomic mass is 16.5. The van der Waals surface area contributed by atoms with Crippen LogP contribution in [0.5, 0.6) is 0 Å². The molecule has 6 nitrogen and oxygen atoms in total. The number of benzene rings is 1. The number of rotatable bonds is 4. The van der Waals surface area contributed by atoms with E-state index < -0.39 is 0 Å². The van der Waals surface area contributed by atoms with Gasteiger partial charge in [0.1, 0.15) is 5.52 Å². The quantitative estimate of drug-likeness (QED) is 0.912. The van der Waals surface area contributed by atoms with Crippen molar-refractivity contribution in [3.8, 4) is 0 Å². The molecule has 1 N–H and O–H groups in total. The lowest BCUT2D eigenvalue weighted by molar-refractivity contribution is 0.0922. The molecule has 0 radical (unpaired) electrons. The summed E-state index contributed by atoms with van der Waals surface area (Å²) in [6.07, 6.45) is 0. The van der Waals surface area contributed by atoms with Gasteiger partial charge in [-0.15, -0.1) is 10.2 Å². The molecule has 0 amide bonds. The minimum atomic E-state index is 0.240. The van der Waals surface area contributed by atoms with Crippen molar-refractivity contribution in [3.63, 3.8) is 0 Å². The number of nitrogens with one attached hydrogen (secondary N) is 1. The summed E-state index contributed by atoms with van der Waals surface area (Å²) in [5, 5.41) is 12.0. The Kier molecular flexibility index (Phi) is 4.26. The zero-order chi connectivity index (χ0) is 14.7. The molecule has 1 saturated heterocycles. The largest absolute Gasteiger partial charge is 0.377 e. The molecule has 112 valence electrons. The maximum Gasteiger partial charge on any atom is 0.246 e. The predicted molar refractivity (Wildman–Crippen MR) is 82.4 cm³/mol. The summed E-state index contributed by atoms with van der Waals surface area (Å²) in [6, 6.07) is 8.50. The van der Waals surface area contributed by atoms with Gasteiger partial charge in [-0.25, -0.2) is 4.98 Å². The molecule has 0 aliphatic carbocycles. The Bertz CT molecular complexity index is 603. The lowest BCUT2D eigenvalue weighted by atomic mass is 10.2. The number of hydrogen-bond donors (Lipinski definition) is 1. The van der Waals surface area contributed by atoms with Crippen LogP contribution < -0.4 is 10.2 Å². The normalized spacial score (nSPS) is 19.4. The zero-order valence-electron chi connectivity index (χ0n) is 12.5. The molecule has 1 aliphatic heterocycles. The van der Waals surface area contributed by atoms with E-state index in [0.29, 0.717) is 25.2 Å². The van der Waals surface area contributed by atoms with Gasteiger partial charge in [0.15, 0.2) is 0 Å². The summed E-state index contributed by atoms with van der Waals surface area (Å²) in [5.74, 6) is 0.688. The van der Waals surface area contributed by atoms with Crippen LogP contribution in [0.15, 0.2) is 24.3 Å². The molecule has 1 aromatic heterocycles. The molecule has 21 heavy (non-hydrogen) atoms. The number of nitrogens with zero attached hydrogens (tertiary/aromatic N) is 4. The van der Waals surface area contributed by atoms with E-state index in [9.17, 15) is 0 Å². The topological polar surface area (TPSA) is 63.2 Å². The standard InChI is InChI=1S/C15H21N5O/c1-11(2)16-9-12-10-21-8-7-20(12)15-17-13-5-3-4-6-14(13)18-19-15/h3-6,11-12,16H,7-10H2,1-2H3. The number of para-hydroxylation sites is 1. The van der Waals surface area contributed by atoms with Crippen LogP contribution in [0.1, 0.15) is 13.8 Å². The van der Waals surface area contributed by atoms with Crippen LogP contribution in [-0.2, 0) is 4.74 Å². The molecular weight excluding hydrogens is 266 g/mol. The number of morpholine rings is 1. The van der Waals surface area contributed by atoms with Crippen LogP contribution >= 0.6 is 0 Å². The fraction of sp³-hybridized carbons (Fsp3) is 0.533. The molecular formula is C15H21N5O. The fourth-order valence-electron chi connectivity index (χ4n) is 2.45. The summed E-state index contributed by atoms with van der Waals surface area (Å²) in [4.78, 5) is 6.84. The number of aromatic nitrogens is 3. The van der Waals surface area contributed by atoms with E-state index in [1.807, 2.05) is 24.3 Å². The molecule has 1 unspecified atom stereocenters. The molecule has 6 heteroatoms. The van der Waals surface area contributed by atoms with Gasteiger partial charge in [-0.05, 0) is 12.1 Å². The Morgan fingerprint density at radius 1 is 1.29 bits per heavy atom. The van der Waals surface area contributed by atoms with Gasteiger partial charge in [0.05, 0.1) is 24.8 Å². The highest BCUT2D eigenvalue weighted by Crippen LogP contribution is 2.17. The Morgan fingerprint density at radius 3 is 2.90 bits per heavy atom. The highest BCUT2D eigenvalue weighted by Gasteiger charge is 2.25. The van der Waals surface area contributed by atoms with E-state index in [4.69, 9.17) is 4.74 Å². The van der Waals surface area contributed by atoms with Crippen molar-refractivity contribution >= 4 is 17.0 Å². The Hall–Kier alpha value is -1.79. The summed E-state index contributed by atoms with van der Waals surface area (Å²) in [5.41, 5.74) is 1.70. The van der Waals surface area contributed by atoms with E-state index in [1.54, 1.807) is 0 Å². The van der Waals surface area contributed by atoms with Gasteiger partial charge in [0.2, 0.25) is 5.95 Å². The van der Waals surface area contributed by atoms with Gasteiger partial charge in [0.25, 0.3) is 0 Å². The Labute approximate surface area is 124 Å². The van der Waals surface area contributed by atoms with Crippen LogP contribution in [-0.4, -0.2) is 53.6 Å². The molecule has 1 aliphatic rings. The third-order valence-electron chi connectivity index (χ3n) is 3.60. The monoisotopic (exact) mass is 287 g/mol. The predicted octanol–water partition coefficient (Wildman–Crippen LogP) is 1.23. The average Bonchev–Trinajstić information content (AvgIpc) is 2.52. The van der Waals surface area contributed by atoms with Crippen molar-refractivity contribution in [1.29, 1.82) is 0 Å². The molecule has 0 saturated carbocycles. The first kappa shape index (κ1) is 14.2. The lowest BCUT2D eigenvalue weighted by Gasteiger charge is -2.35. The third-order valence-corrected chi connectivity index (χ3v) is 3.60. The second-order valence-corrected chi connectivity index (χ2v) is 5.59. The fourth-order valence-corrected chi connectivity index (χ4v) is 2.45. The average molecular weight is 287 g/mol. The Morgan fingerprint density at radius 2 is 2.10 bits per heavy atom. The van der Waals surface area contributed by atoms with E-state index in [-0.39, 0.29) is 6.04 Å². The minimum absolute atomic E-state index is 0.240. The van der Waals surface area contributed by atoms with Crippen LogP contribution in [0, 0.1) is 0 Å². The maximum atomic E-state index is 5.60. The smallest absolute Gasteiger partial charge is 0.246 e.